The van der Waals surface area contributed by atoms with Gasteiger partial charge in [-0.05, 0) is 62.7 Å². The number of benzene rings is 2. The Hall–Kier alpha value is -1.95. The van der Waals surface area contributed by atoms with Gasteiger partial charge in [-0.2, -0.15) is 0 Å². The molecule has 0 saturated carbocycles. The molecule has 1 aliphatic rings. The average Bonchev–Trinajstić information content (AvgIpc) is 3.00. The lowest BCUT2D eigenvalue weighted by Crippen LogP contribution is -2.33. The van der Waals surface area contributed by atoms with Crippen molar-refractivity contribution >= 4 is 11.6 Å². The summed E-state index contributed by atoms with van der Waals surface area (Å²) in [4.78, 5) is 2.49. The zero-order valence-electron chi connectivity index (χ0n) is 17.5. The summed E-state index contributed by atoms with van der Waals surface area (Å²) in [5, 5.41) is 4.19. The highest BCUT2D eigenvalue weighted by molar-refractivity contribution is 6.30. The SMILES string of the molecule is CCOc1ccc(C(c2cc(Cl)ccc2OC)N2CCCNCC2)cc1OCC. The minimum atomic E-state index is 0.0124. The molecule has 29 heavy (non-hydrogen) atoms. The van der Waals surface area contributed by atoms with E-state index in [-0.39, 0.29) is 6.04 Å². The predicted molar refractivity (Wildman–Crippen MR) is 118 cm³/mol. The van der Waals surface area contributed by atoms with Gasteiger partial charge in [-0.25, -0.2) is 0 Å². The number of ether oxygens (including phenoxy) is 3. The maximum absolute atomic E-state index is 6.39. The normalized spacial score (nSPS) is 16.1. The molecule has 1 heterocycles. The molecule has 5 nitrogen and oxygen atoms in total. The number of halogens is 1. The Kier molecular flexibility index (Phi) is 8.04. The molecule has 1 atom stereocenters. The van der Waals surface area contributed by atoms with Crippen LogP contribution in [0.5, 0.6) is 17.2 Å². The molecule has 0 bridgehead atoms. The van der Waals surface area contributed by atoms with Crippen molar-refractivity contribution < 1.29 is 14.2 Å². The Labute approximate surface area is 178 Å². The Morgan fingerprint density at radius 1 is 0.966 bits per heavy atom. The number of methoxy groups -OCH3 is 1. The molecule has 0 radical (unpaired) electrons. The molecular formula is C23H31ClN2O3. The van der Waals surface area contributed by atoms with Crippen LogP contribution in [0.4, 0.5) is 0 Å². The van der Waals surface area contributed by atoms with Gasteiger partial charge in [0.1, 0.15) is 5.75 Å². The van der Waals surface area contributed by atoms with Crippen molar-refractivity contribution in [1.82, 2.24) is 10.2 Å². The fraction of sp³-hybridized carbons (Fsp3) is 0.478. The summed E-state index contributed by atoms with van der Waals surface area (Å²) in [7, 11) is 1.71. The van der Waals surface area contributed by atoms with Gasteiger partial charge in [-0.1, -0.05) is 17.7 Å². The Balaban J connectivity index is 2.10. The highest BCUT2D eigenvalue weighted by atomic mass is 35.5. The van der Waals surface area contributed by atoms with E-state index in [4.69, 9.17) is 25.8 Å². The molecule has 1 unspecified atom stereocenters. The molecule has 0 aliphatic carbocycles. The van der Waals surface area contributed by atoms with Crippen LogP contribution in [0.1, 0.15) is 37.4 Å². The van der Waals surface area contributed by atoms with Gasteiger partial charge in [0.2, 0.25) is 0 Å². The first-order valence-electron chi connectivity index (χ1n) is 10.4. The molecule has 2 aromatic carbocycles. The van der Waals surface area contributed by atoms with Crippen LogP contribution in [0.2, 0.25) is 5.02 Å². The van der Waals surface area contributed by atoms with E-state index in [0.29, 0.717) is 18.2 Å². The topological polar surface area (TPSA) is 43.0 Å². The summed E-state index contributed by atoms with van der Waals surface area (Å²) in [5.41, 5.74) is 2.20. The molecule has 0 spiro atoms. The zero-order chi connectivity index (χ0) is 20.6. The van der Waals surface area contributed by atoms with Gasteiger partial charge in [0.05, 0.1) is 26.4 Å². The Bertz CT molecular complexity index is 792. The minimum absolute atomic E-state index is 0.0124. The van der Waals surface area contributed by atoms with Crippen molar-refractivity contribution in [2.75, 3.05) is 46.5 Å². The van der Waals surface area contributed by atoms with Crippen molar-refractivity contribution in [2.24, 2.45) is 0 Å². The number of nitrogens with one attached hydrogen (secondary N) is 1. The molecule has 1 aliphatic heterocycles. The molecule has 2 aromatic rings. The fourth-order valence-corrected chi connectivity index (χ4v) is 4.05. The van der Waals surface area contributed by atoms with Crippen LogP contribution in [0.25, 0.3) is 0 Å². The lowest BCUT2D eigenvalue weighted by Gasteiger charge is -2.32. The second-order valence-electron chi connectivity index (χ2n) is 7.00. The van der Waals surface area contributed by atoms with Gasteiger partial charge >= 0.3 is 0 Å². The van der Waals surface area contributed by atoms with Gasteiger partial charge in [-0.3, -0.25) is 4.90 Å². The fourth-order valence-electron chi connectivity index (χ4n) is 3.87. The smallest absolute Gasteiger partial charge is 0.161 e. The first-order valence-corrected chi connectivity index (χ1v) is 10.7. The van der Waals surface area contributed by atoms with Crippen LogP contribution < -0.4 is 19.5 Å². The van der Waals surface area contributed by atoms with Crippen LogP contribution in [-0.2, 0) is 0 Å². The van der Waals surface area contributed by atoms with Gasteiger partial charge in [-0.15, -0.1) is 0 Å². The minimum Gasteiger partial charge on any atom is -0.496 e. The van der Waals surface area contributed by atoms with E-state index in [1.54, 1.807) is 7.11 Å². The second kappa shape index (κ2) is 10.7. The van der Waals surface area contributed by atoms with Gasteiger partial charge in [0.25, 0.3) is 0 Å². The number of nitrogens with zero attached hydrogens (tertiary/aromatic N) is 1. The molecule has 6 heteroatoms. The first kappa shape index (κ1) is 21.8. The first-order chi connectivity index (χ1) is 14.2. The van der Waals surface area contributed by atoms with Crippen molar-refractivity contribution in [3.05, 3.63) is 52.5 Å². The van der Waals surface area contributed by atoms with Crippen molar-refractivity contribution in [2.45, 2.75) is 26.3 Å². The standard InChI is InChI=1S/C23H31ClN2O3/c1-4-28-21-9-7-17(15-22(21)29-5-2)23(26-13-6-11-25-12-14-26)19-16-18(24)8-10-20(19)27-3/h7-10,15-16,23,25H,4-6,11-14H2,1-3H3. The van der Waals surface area contributed by atoms with Crippen LogP contribution in [0.15, 0.2) is 36.4 Å². The second-order valence-corrected chi connectivity index (χ2v) is 7.44. The van der Waals surface area contributed by atoms with E-state index in [2.05, 4.69) is 22.3 Å². The van der Waals surface area contributed by atoms with Crippen LogP contribution in [0.3, 0.4) is 0 Å². The summed E-state index contributed by atoms with van der Waals surface area (Å²) in [5.74, 6) is 2.38. The lowest BCUT2D eigenvalue weighted by atomic mass is 9.95. The Morgan fingerprint density at radius 3 is 2.48 bits per heavy atom. The van der Waals surface area contributed by atoms with Crippen LogP contribution in [-0.4, -0.2) is 51.4 Å². The third-order valence-corrected chi connectivity index (χ3v) is 5.34. The molecule has 158 valence electrons. The maximum atomic E-state index is 6.39. The van der Waals surface area contributed by atoms with E-state index in [0.717, 1.165) is 61.0 Å². The molecule has 0 aromatic heterocycles. The van der Waals surface area contributed by atoms with E-state index in [9.17, 15) is 0 Å². The van der Waals surface area contributed by atoms with Gasteiger partial charge in [0.15, 0.2) is 11.5 Å². The third-order valence-electron chi connectivity index (χ3n) is 5.11. The third kappa shape index (κ3) is 5.35. The van der Waals surface area contributed by atoms with E-state index >= 15 is 0 Å². The van der Waals surface area contributed by atoms with Gasteiger partial charge < -0.3 is 19.5 Å². The van der Waals surface area contributed by atoms with Crippen LogP contribution in [0, 0.1) is 0 Å². The molecule has 1 saturated heterocycles. The van der Waals surface area contributed by atoms with E-state index < -0.39 is 0 Å². The van der Waals surface area contributed by atoms with Gasteiger partial charge in [0, 0.05) is 30.2 Å². The van der Waals surface area contributed by atoms with Crippen molar-refractivity contribution in [3.8, 4) is 17.2 Å². The largest absolute Gasteiger partial charge is 0.496 e. The average molecular weight is 419 g/mol. The molecule has 3 rings (SSSR count). The summed E-state index contributed by atoms with van der Waals surface area (Å²) < 4.78 is 17.4. The highest BCUT2D eigenvalue weighted by Gasteiger charge is 2.27. The molecule has 1 N–H and O–H groups in total. The quantitative estimate of drug-likeness (QED) is 0.682. The van der Waals surface area contributed by atoms with E-state index in [1.165, 1.54) is 0 Å². The maximum Gasteiger partial charge on any atom is 0.161 e. The lowest BCUT2D eigenvalue weighted by molar-refractivity contribution is 0.234. The summed E-state index contributed by atoms with van der Waals surface area (Å²) >= 11 is 6.39. The van der Waals surface area contributed by atoms with E-state index in [1.807, 2.05) is 38.1 Å². The number of rotatable bonds is 8. The van der Waals surface area contributed by atoms with Crippen molar-refractivity contribution in [1.29, 1.82) is 0 Å². The number of hydrogen-bond donors (Lipinski definition) is 1. The summed E-state index contributed by atoms with van der Waals surface area (Å²) in [6, 6.07) is 12.1. The number of hydrogen-bond acceptors (Lipinski definition) is 5. The molecule has 1 fully saturated rings. The molecular weight excluding hydrogens is 388 g/mol. The molecule has 0 amide bonds. The van der Waals surface area contributed by atoms with Crippen LogP contribution >= 0.6 is 11.6 Å². The monoisotopic (exact) mass is 418 g/mol. The summed E-state index contributed by atoms with van der Waals surface area (Å²) in [6.07, 6.45) is 1.09. The van der Waals surface area contributed by atoms with Crippen molar-refractivity contribution in [3.63, 3.8) is 0 Å². The zero-order valence-corrected chi connectivity index (χ0v) is 18.3. The predicted octanol–water partition coefficient (Wildman–Crippen LogP) is 4.53. The summed E-state index contributed by atoms with van der Waals surface area (Å²) in [6.45, 7) is 9.07. The Morgan fingerprint density at radius 2 is 1.72 bits per heavy atom. The highest BCUT2D eigenvalue weighted by Crippen LogP contribution is 2.40.